The highest BCUT2D eigenvalue weighted by atomic mass is 19.1. The minimum absolute atomic E-state index is 0.270. The number of hydrogen-bond donors (Lipinski definition) is 1. The van der Waals surface area contributed by atoms with Crippen molar-refractivity contribution in [3.8, 4) is 17.0 Å². The van der Waals surface area contributed by atoms with E-state index in [1.807, 2.05) is 31.2 Å². The van der Waals surface area contributed by atoms with Gasteiger partial charge in [-0.05, 0) is 80.1 Å². The van der Waals surface area contributed by atoms with Crippen LogP contribution >= 0.6 is 0 Å². The number of aromatic amines is 1. The van der Waals surface area contributed by atoms with E-state index >= 15 is 0 Å². The van der Waals surface area contributed by atoms with Crippen molar-refractivity contribution in [2.24, 2.45) is 0 Å². The van der Waals surface area contributed by atoms with Crippen molar-refractivity contribution in [3.63, 3.8) is 0 Å². The maximum absolute atomic E-state index is 13.8. The zero-order valence-corrected chi connectivity index (χ0v) is 19.8. The third-order valence-electron chi connectivity index (χ3n) is 6.05. The maximum Gasteiger partial charge on any atom is 0.338 e. The van der Waals surface area contributed by atoms with E-state index in [0.29, 0.717) is 34.8 Å². The van der Waals surface area contributed by atoms with E-state index in [1.54, 1.807) is 48.2 Å². The first-order chi connectivity index (χ1) is 17.5. The minimum Gasteiger partial charge on any atom is -0.494 e. The van der Waals surface area contributed by atoms with Crippen molar-refractivity contribution in [1.82, 2.24) is 10.2 Å². The molecule has 182 valence electrons. The molecule has 3 aromatic carbocycles. The van der Waals surface area contributed by atoms with Gasteiger partial charge < -0.3 is 9.47 Å². The molecule has 0 saturated heterocycles. The van der Waals surface area contributed by atoms with E-state index in [0.717, 1.165) is 16.9 Å². The molecule has 0 aliphatic carbocycles. The number of hydrogen-bond acceptors (Lipinski definition) is 5. The summed E-state index contributed by atoms with van der Waals surface area (Å²) in [6.45, 7) is 4.49. The first-order valence-electron chi connectivity index (χ1n) is 11.7. The summed E-state index contributed by atoms with van der Waals surface area (Å²) in [6.07, 6.45) is 0. The van der Waals surface area contributed by atoms with Crippen LogP contribution in [0.4, 0.5) is 10.1 Å². The Morgan fingerprint density at radius 1 is 0.972 bits per heavy atom. The molecule has 1 N–H and O–H groups in total. The van der Waals surface area contributed by atoms with Gasteiger partial charge in [0.2, 0.25) is 0 Å². The number of nitrogens with zero attached hydrogens (tertiary/aromatic N) is 2. The Balaban J connectivity index is 1.60. The Hall–Kier alpha value is -4.46. The average molecular weight is 486 g/mol. The summed E-state index contributed by atoms with van der Waals surface area (Å²) >= 11 is 0. The lowest BCUT2D eigenvalue weighted by Crippen LogP contribution is -2.29. The lowest BCUT2D eigenvalue weighted by atomic mass is 9.95. The molecule has 2 heterocycles. The first kappa shape index (κ1) is 23.3. The second-order valence-electron chi connectivity index (χ2n) is 8.21. The molecule has 36 heavy (non-hydrogen) atoms. The predicted molar refractivity (Wildman–Crippen MR) is 133 cm³/mol. The molecule has 0 spiro atoms. The SMILES string of the molecule is CCOC(=O)c1ccc(N2C(=O)c3[nH]nc(-c4ccc(OCC)cc4)c3C2c2ccc(F)cc2)cc1. The summed E-state index contributed by atoms with van der Waals surface area (Å²) in [6, 6.07) is 19.7. The minimum atomic E-state index is -0.554. The molecule has 1 atom stereocenters. The Morgan fingerprint density at radius 2 is 1.67 bits per heavy atom. The number of ether oxygens (including phenoxy) is 2. The molecule has 0 bridgehead atoms. The molecule has 4 aromatic rings. The number of halogens is 1. The second-order valence-corrected chi connectivity index (χ2v) is 8.21. The third-order valence-corrected chi connectivity index (χ3v) is 6.05. The van der Waals surface area contributed by atoms with Crippen molar-refractivity contribution in [1.29, 1.82) is 0 Å². The first-order valence-corrected chi connectivity index (χ1v) is 11.7. The van der Waals surface area contributed by atoms with Crippen molar-refractivity contribution in [2.75, 3.05) is 18.1 Å². The number of amides is 1. The molecule has 0 radical (unpaired) electrons. The number of nitrogens with one attached hydrogen (secondary N) is 1. The number of esters is 1. The van der Waals surface area contributed by atoms with E-state index in [1.165, 1.54) is 12.1 Å². The van der Waals surface area contributed by atoms with Crippen LogP contribution in [0.15, 0.2) is 72.8 Å². The van der Waals surface area contributed by atoms with Crippen LogP contribution in [0, 0.1) is 5.82 Å². The average Bonchev–Trinajstić information content (AvgIpc) is 3.44. The molecule has 0 fully saturated rings. The van der Waals surface area contributed by atoms with Crippen LogP contribution in [0.2, 0.25) is 0 Å². The molecule has 8 heteroatoms. The molecule has 0 saturated carbocycles. The smallest absolute Gasteiger partial charge is 0.338 e. The summed E-state index contributed by atoms with van der Waals surface area (Å²) in [5, 5.41) is 7.38. The number of anilines is 1. The number of carbonyl (C=O) groups excluding carboxylic acids is 2. The number of benzene rings is 3. The molecule has 5 rings (SSSR count). The summed E-state index contributed by atoms with van der Waals surface area (Å²) in [5.74, 6) is -0.331. The lowest BCUT2D eigenvalue weighted by Gasteiger charge is -2.26. The van der Waals surface area contributed by atoms with E-state index in [9.17, 15) is 14.0 Å². The van der Waals surface area contributed by atoms with Crippen molar-refractivity contribution in [3.05, 3.63) is 101 Å². The van der Waals surface area contributed by atoms with Crippen LogP contribution in [-0.2, 0) is 4.74 Å². The monoisotopic (exact) mass is 485 g/mol. The number of H-pyrrole nitrogens is 1. The predicted octanol–water partition coefficient (Wildman–Crippen LogP) is 5.54. The van der Waals surface area contributed by atoms with Gasteiger partial charge >= 0.3 is 5.97 Å². The molecule has 1 aromatic heterocycles. The molecule has 7 nitrogen and oxygen atoms in total. The molecule has 1 aliphatic heterocycles. The standard InChI is InChI=1S/C28H24FN3O4/c1-3-35-22-15-9-17(10-16-22)24-23-25(31-30-24)27(33)32(26(23)18-5-11-20(29)12-6-18)21-13-7-19(8-14-21)28(34)36-4-2/h5-16,26H,3-4H2,1-2H3,(H,30,31). The van der Waals surface area contributed by atoms with Gasteiger partial charge in [-0.25, -0.2) is 9.18 Å². The third kappa shape index (κ3) is 4.11. The highest BCUT2D eigenvalue weighted by molar-refractivity contribution is 6.12. The Morgan fingerprint density at radius 3 is 2.31 bits per heavy atom. The maximum atomic E-state index is 13.8. The van der Waals surface area contributed by atoms with Gasteiger partial charge in [0.25, 0.3) is 5.91 Å². The fourth-order valence-electron chi connectivity index (χ4n) is 4.44. The highest BCUT2D eigenvalue weighted by Crippen LogP contribution is 2.45. The molecule has 1 aliphatic rings. The van der Waals surface area contributed by atoms with Gasteiger partial charge in [-0.1, -0.05) is 12.1 Å². The Kier molecular flexibility index (Phi) is 6.25. The number of carbonyl (C=O) groups is 2. The fraction of sp³-hybridized carbons (Fsp3) is 0.179. The van der Waals surface area contributed by atoms with Crippen molar-refractivity contribution >= 4 is 17.6 Å². The summed E-state index contributed by atoms with van der Waals surface area (Å²) in [7, 11) is 0. The van der Waals surface area contributed by atoms with Gasteiger partial charge in [0, 0.05) is 16.8 Å². The highest BCUT2D eigenvalue weighted by Gasteiger charge is 2.43. The van der Waals surface area contributed by atoms with E-state index in [4.69, 9.17) is 9.47 Å². The van der Waals surface area contributed by atoms with Crippen molar-refractivity contribution < 1.29 is 23.5 Å². The van der Waals surface area contributed by atoms with E-state index in [2.05, 4.69) is 10.2 Å². The molecular weight excluding hydrogens is 461 g/mol. The number of aromatic nitrogens is 2. The summed E-state index contributed by atoms with van der Waals surface area (Å²) in [5.41, 5.74) is 4.21. The van der Waals surface area contributed by atoms with E-state index in [-0.39, 0.29) is 18.3 Å². The van der Waals surface area contributed by atoms with Crippen LogP contribution in [0.3, 0.4) is 0 Å². The largest absolute Gasteiger partial charge is 0.494 e. The fourth-order valence-corrected chi connectivity index (χ4v) is 4.44. The zero-order valence-electron chi connectivity index (χ0n) is 19.8. The second kappa shape index (κ2) is 9.65. The van der Waals surface area contributed by atoms with E-state index < -0.39 is 12.0 Å². The van der Waals surface area contributed by atoms with Gasteiger partial charge in [0.15, 0.2) is 0 Å². The van der Waals surface area contributed by atoms with Crippen LogP contribution in [-0.4, -0.2) is 35.3 Å². The van der Waals surface area contributed by atoms with Crippen LogP contribution in [0.25, 0.3) is 11.3 Å². The topological polar surface area (TPSA) is 84.5 Å². The summed E-state index contributed by atoms with van der Waals surface area (Å²) < 4.78 is 24.4. The normalized spacial score (nSPS) is 14.6. The lowest BCUT2D eigenvalue weighted by molar-refractivity contribution is 0.0526. The van der Waals surface area contributed by atoms with Crippen LogP contribution in [0.1, 0.15) is 51.9 Å². The Labute approximate surface area is 207 Å². The van der Waals surface area contributed by atoms with Gasteiger partial charge in [0.05, 0.1) is 30.5 Å². The Bertz CT molecular complexity index is 1400. The van der Waals surface area contributed by atoms with Gasteiger partial charge in [-0.2, -0.15) is 5.10 Å². The molecular formula is C28H24FN3O4. The van der Waals surface area contributed by atoms with Gasteiger partial charge in [0.1, 0.15) is 17.3 Å². The number of fused-ring (bicyclic) bond motifs is 1. The quantitative estimate of drug-likeness (QED) is 0.348. The van der Waals surface area contributed by atoms with Crippen LogP contribution < -0.4 is 9.64 Å². The van der Waals surface area contributed by atoms with Crippen LogP contribution in [0.5, 0.6) is 5.75 Å². The molecule has 1 unspecified atom stereocenters. The zero-order chi connectivity index (χ0) is 25.2. The van der Waals surface area contributed by atoms with Gasteiger partial charge in [-0.15, -0.1) is 0 Å². The summed E-state index contributed by atoms with van der Waals surface area (Å²) in [4.78, 5) is 27.4. The van der Waals surface area contributed by atoms with Gasteiger partial charge in [-0.3, -0.25) is 14.8 Å². The number of rotatable bonds is 7. The molecule has 1 amide bonds. The van der Waals surface area contributed by atoms with Crippen molar-refractivity contribution in [2.45, 2.75) is 19.9 Å².